The van der Waals surface area contributed by atoms with Crippen molar-refractivity contribution in [2.24, 2.45) is 0 Å². The Labute approximate surface area is 119 Å². The van der Waals surface area contributed by atoms with E-state index in [0.29, 0.717) is 5.56 Å². The summed E-state index contributed by atoms with van der Waals surface area (Å²) in [5, 5.41) is 12.6. The fourth-order valence-electron chi connectivity index (χ4n) is 2.07. The summed E-state index contributed by atoms with van der Waals surface area (Å²) in [6, 6.07) is 14.6. The Kier molecular flexibility index (Phi) is 4.41. The van der Waals surface area contributed by atoms with Crippen LogP contribution in [0.3, 0.4) is 0 Å². The number of hydrogen-bond donors (Lipinski definition) is 2. The first-order valence-electron chi connectivity index (χ1n) is 6.79. The predicted molar refractivity (Wildman–Crippen MR) is 79.8 cm³/mol. The summed E-state index contributed by atoms with van der Waals surface area (Å²) in [6.07, 6.45) is 0.999. The quantitative estimate of drug-likeness (QED) is 0.893. The van der Waals surface area contributed by atoms with Crippen molar-refractivity contribution in [3.8, 4) is 5.75 Å². The molecule has 2 aromatic rings. The number of rotatable bonds is 4. The first kappa shape index (κ1) is 14.1. The predicted octanol–water partition coefficient (Wildman–Crippen LogP) is 3.45. The lowest BCUT2D eigenvalue weighted by Gasteiger charge is -2.15. The summed E-state index contributed by atoms with van der Waals surface area (Å²) < 4.78 is 0. The summed E-state index contributed by atoms with van der Waals surface area (Å²) in [6.45, 7) is 4.04. The molecular formula is C17H19NO2. The zero-order valence-corrected chi connectivity index (χ0v) is 11.8. The first-order valence-corrected chi connectivity index (χ1v) is 6.79. The Balaban J connectivity index is 2.09. The molecule has 104 valence electrons. The van der Waals surface area contributed by atoms with Crippen molar-refractivity contribution >= 4 is 5.91 Å². The summed E-state index contributed by atoms with van der Waals surface area (Å²) in [7, 11) is 0. The topological polar surface area (TPSA) is 49.3 Å². The molecule has 0 heterocycles. The van der Waals surface area contributed by atoms with Crippen LogP contribution in [-0.4, -0.2) is 11.0 Å². The standard InChI is InChI=1S/C17H19NO2/c1-3-13-8-10-14(11-9-13)12(2)18-17(20)15-6-4-5-7-16(15)19/h4-12,19H,3H2,1-2H3,(H,18,20). The first-order chi connectivity index (χ1) is 9.61. The van der Waals surface area contributed by atoms with Gasteiger partial charge in [0, 0.05) is 0 Å². The van der Waals surface area contributed by atoms with Crippen molar-refractivity contribution in [3.05, 3.63) is 65.2 Å². The third-order valence-electron chi connectivity index (χ3n) is 3.38. The van der Waals surface area contributed by atoms with E-state index in [-0.39, 0.29) is 17.7 Å². The van der Waals surface area contributed by atoms with Crippen molar-refractivity contribution in [2.45, 2.75) is 26.3 Å². The Hall–Kier alpha value is -2.29. The van der Waals surface area contributed by atoms with Crippen LogP contribution in [-0.2, 0) is 6.42 Å². The van der Waals surface area contributed by atoms with Gasteiger partial charge in [0.25, 0.3) is 5.91 Å². The van der Waals surface area contributed by atoms with Crippen LogP contribution in [0.25, 0.3) is 0 Å². The number of aromatic hydroxyl groups is 1. The molecule has 1 amide bonds. The second-order valence-corrected chi connectivity index (χ2v) is 4.81. The molecule has 0 saturated heterocycles. The molecular weight excluding hydrogens is 250 g/mol. The van der Waals surface area contributed by atoms with Crippen molar-refractivity contribution in [3.63, 3.8) is 0 Å². The highest BCUT2D eigenvalue weighted by Gasteiger charge is 2.14. The minimum absolute atomic E-state index is 0.00136. The van der Waals surface area contributed by atoms with Crippen LogP contribution in [0.15, 0.2) is 48.5 Å². The molecule has 0 bridgehead atoms. The number of aryl methyl sites for hydroxylation is 1. The van der Waals surface area contributed by atoms with E-state index in [1.165, 1.54) is 11.6 Å². The maximum atomic E-state index is 12.1. The van der Waals surface area contributed by atoms with Gasteiger partial charge in [-0.05, 0) is 36.6 Å². The monoisotopic (exact) mass is 269 g/mol. The van der Waals surface area contributed by atoms with E-state index >= 15 is 0 Å². The van der Waals surface area contributed by atoms with Crippen molar-refractivity contribution in [2.75, 3.05) is 0 Å². The molecule has 0 spiro atoms. The minimum Gasteiger partial charge on any atom is -0.507 e. The van der Waals surface area contributed by atoms with Gasteiger partial charge in [-0.2, -0.15) is 0 Å². The summed E-state index contributed by atoms with van der Waals surface area (Å²) >= 11 is 0. The average Bonchev–Trinajstić information content (AvgIpc) is 2.47. The molecule has 3 nitrogen and oxygen atoms in total. The number of phenolic OH excluding ortho intramolecular Hbond substituents is 1. The van der Waals surface area contributed by atoms with Gasteiger partial charge in [-0.15, -0.1) is 0 Å². The Morgan fingerprint density at radius 3 is 2.40 bits per heavy atom. The molecule has 0 aliphatic rings. The highest BCUT2D eigenvalue weighted by atomic mass is 16.3. The smallest absolute Gasteiger partial charge is 0.255 e. The molecule has 20 heavy (non-hydrogen) atoms. The van der Waals surface area contributed by atoms with Crippen molar-refractivity contribution in [1.82, 2.24) is 5.32 Å². The van der Waals surface area contributed by atoms with E-state index < -0.39 is 0 Å². The summed E-state index contributed by atoms with van der Waals surface area (Å²) in [4.78, 5) is 12.1. The minimum atomic E-state index is -0.268. The van der Waals surface area contributed by atoms with Gasteiger partial charge in [0.05, 0.1) is 11.6 Å². The number of phenols is 1. The molecule has 0 radical (unpaired) electrons. The molecule has 2 rings (SSSR count). The van der Waals surface area contributed by atoms with Crippen LogP contribution in [0.5, 0.6) is 5.75 Å². The number of benzene rings is 2. The van der Waals surface area contributed by atoms with Gasteiger partial charge in [-0.1, -0.05) is 43.3 Å². The van der Waals surface area contributed by atoms with Gasteiger partial charge in [-0.3, -0.25) is 4.79 Å². The summed E-state index contributed by atoms with van der Waals surface area (Å²) in [5.74, 6) is -0.270. The number of hydrogen-bond acceptors (Lipinski definition) is 2. The van der Waals surface area contributed by atoms with Gasteiger partial charge in [-0.25, -0.2) is 0 Å². The van der Waals surface area contributed by atoms with Gasteiger partial charge < -0.3 is 10.4 Å². The van der Waals surface area contributed by atoms with Crippen LogP contribution in [0.1, 0.15) is 41.4 Å². The number of amides is 1. The lowest BCUT2D eigenvalue weighted by molar-refractivity contribution is 0.0937. The number of carbonyl (C=O) groups excluding carboxylic acids is 1. The molecule has 3 heteroatoms. The lowest BCUT2D eigenvalue weighted by atomic mass is 10.0. The molecule has 0 aromatic heterocycles. The van der Waals surface area contributed by atoms with Crippen molar-refractivity contribution in [1.29, 1.82) is 0 Å². The van der Waals surface area contributed by atoms with Gasteiger partial charge >= 0.3 is 0 Å². The van der Waals surface area contributed by atoms with E-state index in [4.69, 9.17) is 0 Å². The zero-order chi connectivity index (χ0) is 14.5. The van der Waals surface area contributed by atoms with Crippen LogP contribution in [0, 0.1) is 0 Å². The third kappa shape index (κ3) is 3.18. The molecule has 0 aliphatic heterocycles. The van der Waals surface area contributed by atoms with Gasteiger partial charge in [0.2, 0.25) is 0 Å². The molecule has 1 atom stereocenters. The fraction of sp³-hybridized carbons (Fsp3) is 0.235. The highest BCUT2D eigenvalue weighted by molar-refractivity contribution is 5.96. The number of para-hydroxylation sites is 1. The number of nitrogens with one attached hydrogen (secondary N) is 1. The van der Waals surface area contributed by atoms with Gasteiger partial charge in [0.1, 0.15) is 5.75 Å². The van der Waals surface area contributed by atoms with Gasteiger partial charge in [0.15, 0.2) is 0 Å². The van der Waals surface area contributed by atoms with E-state index in [0.717, 1.165) is 12.0 Å². The van der Waals surface area contributed by atoms with E-state index in [1.807, 2.05) is 19.1 Å². The van der Waals surface area contributed by atoms with E-state index in [9.17, 15) is 9.90 Å². The fourth-order valence-corrected chi connectivity index (χ4v) is 2.07. The molecule has 0 saturated carbocycles. The highest BCUT2D eigenvalue weighted by Crippen LogP contribution is 2.18. The molecule has 0 fully saturated rings. The average molecular weight is 269 g/mol. The third-order valence-corrected chi connectivity index (χ3v) is 3.38. The number of carbonyl (C=O) groups is 1. The Morgan fingerprint density at radius 2 is 1.80 bits per heavy atom. The molecule has 1 unspecified atom stereocenters. The lowest BCUT2D eigenvalue weighted by Crippen LogP contribution is -2.26. The van der Waals surface area contributed by atoms with Crippen LogP contribution < -0.4 is 5.32 Å². The Bertz CT molecular complexity index is 590. The van der Waals surface area contributed by atoms with Crippen LogP contribution in [0.4, 0.5) is 0 Å². The molecule has 2 N–H and O–H groups in total. The largest absolute Gasteiger partial charge is 0.507 e. The second kappa shape index (κ2) is 6.24. The molecule has 0 aliphatic carbocycles. The molecule has 2 aromatic carbocycles. The summed E-state index contributed by atoms with van der Waals surface area (Å²) in [5.41, 5.74) is 2.61. The Morgan fingerprint density at radius 1 is 1.15 bits per heavy atom. The van der Waals surface area contributed by atoms with E-state index in [1.54, 1.807) is 18.2 Å². The van der Waals surface area contributed by atoms with E-state index in [2.05, 4.69) is 24.4 Å². The van der Waals surface area contributed by atoms with Crippen LogP contribution in [0.2, 0.25) is 0 Å². The maximum Gasteiger partial charge on any atom is 0.255 e. The second-order valence-electron chi connectivity index (χ2n) is 4.81. The zero-order valence-electron chi connectivity index (χ0n) is 11.8. The normalized spacial score (nSPS) is 11.9. The maximum absolute atomic E-state index is 12.1. The SMILES string of the molecule is CCc1ccc(C(C)NC(=O)c2ccccc2O)cc1. The van der Waals surface area contributed by atoms with Crippen molar-refractivity contribution < 1.29 is 9.90 Å². The van der Waals surface area contributed by atoms with Crippen LogP contribution >= 0.6 is 0 Å².